The topological polar surface area (TPSA) is 63.7 Å². The third kappa shape index (κ3) is 4.42. The molecular weight excluding hydrogens is 368 g/mol. The van der Waals surface area contributed by atoms with Crippen molar-refractivity contribution in [3.8, 4) is 0 Å². The summed E-state index contributed by atoms with van der Waals surface area (Å²) in [5.74, 6) is -3.41. The van der Waals surface area contributed by atoms with Crippen molar-refractivity contribution >= 4 is 17.7 Å². The summed E-state index contributed by atoms with van der Waals surface area (Å²) in [4.78, 5) is 37.9. The van der Waals surface area contributed by atoms with Crippen molar-refractivity contribution in [2.75, 3.05) is 6.54 Å². The number of hydrogen-bond donors (Lipinski definition) is 0. The highest BCUT2D eigenvalue weighted by Crippen LogP contribution is 2.16. The Balaban J connectivity index is 1.61. The largest absolute Gasteiger partial charge is 0.451 e. The van der Waals surface area contributed by atoms with Crippen LogP contribution < -0.4 is 0 Å². The van der Waals surface area contributed by atoms with Crippen LogP contribution in [-0.2, 0) is 16.1 Å². The molecule has 2 aromatic carbocycles. The molecule has 0 spiro atoms. The van der Waals surface area contributed by atoms with Crippen LogP contribution in [0, 0.1) is 11.6 Å². The molecule has 0 unspecified atom stereocenters. The SMILES string of the molecule is C[C@H](OC(=O)c1ccc(CN2CCCC2=O)cc1)C(=O)c1ccc(F)c(F)c1. The number of carbonyl (C=O) groups excluding carboxylic acids is 3. The van der Waals surface area contributed by atoms with Crippen LogP contribution in [0.2, 0.25) is 0 Å². The van der Waals surface area contributed by atoms with Gasteiger partial charge >= 0.3 is 5.97 Å². The molecule has 1 aliphatic rings. The first-order chi connectivity index (χ1) is 13.3. The fraction of sp³-hybridized carbons (Fsp3) is 0.286. The van der Waals surface area contributed by atoms with E-state index in [9.17, 15) is 23.2 Å². The Kier molecular flexibility index (Phi) is 5.82. The first-order valence-electron chi connectivity index (χ1n) is 8.92. The molecule has 7 heteroatoms. The number of esters is 1. The normalized spacial score (nSPS) is 14.8. The molecule has 1 amide bonds. The van der Waals surface area contributed by atoms with Crippen LogP contribution in [0.1, 0.15) is 46.0 Å². The highest BCUT2D eigenvalue weighted by Gasteiger charge is 2.22. The van der Waals surface area contributed by atoms with Crippen molar-refractivity contribution in [3.05, 3.63) is 70.8 Å². The maximum Gasteiger partial charge on any atom is 0.338 e. The van der Waals surface area contributed by atoms with Gasteiger partial charge in [0.15, 0.2) is 17.7 Å². The summed E-state index contributed by atoms with van der Waals surface area (Å²) in [6.45, 7) is 2.58. The Morgan fingerprint density at radius 3 is 2.36 bits per heavy atom. The third-order valence-electron chi connectivity index (χ3n) is 4.59. The minimum absolute atomic E-state index is 0.0789. The van der Waals surface area contributed by atoms with Gasteiger partial charge in [-0.25, -0.2) is 13.6 Å². The van der Waals surface area contributed by atoms with E-state index in [1.807, 2.05) is 0 Å². The van der Waals surface area contributed by atoms with Crippen LogP contribution in [-0.4, -0.2) is 35.2 Å². The number of ether oxygens (including phenoxy) is 1. The number of Topliss-reactive ketones (excluding diaryl/α,β-unsaturated/α-hetero) is 1. The quantitative estimate of drug-likeness (QED) is 0.562. The van der Waals surface area contributed by atoms with Gasteiger partial charge < -0.3 is 9.64 Å². The van der Waals surface area contributed by atoms with E-state index in [1.165, 1.54) is 6.92 Å². The van der Waals surface area contributed by atoms with Gasteiger partial charge in [0.2, 0.25) is 11.7 Å². The van der Waals surface area contributed by atoms with Gasteiger partial charge in [-0.1, -0.05) is 12.1 Å². The predicted molar refractivity (Wildman–Crippen MR) is 96.7 cm³/mol. The first-order valence-corrected chi connectivity index (χ1v) is 8.92. The van der Waals surface area contributed by atoms with Crippen molar-refractivity contribution in [1.82, 2.24) is 4.90 Å². The van der Waals surface area contributed by atoms with Crippen molar-refractivity contribution in [2.24, 2.45) is 0 Å². The minimum atomic E-state index is -1.15. The van der Waals surface area contributed by atoms with Crippen molar-refractivity contribution < 1.29 is 27.9 Å². The number of ketones is 1. The molecule has 1 heterocycles. The Morgan fingerprint density at radius 1 is 1.07 bits per heavy atom. The zero-order chi connectivity index (χ0) is 20.3. The van der Waals surface area contributed by atoms with Gasteiger partial charge in [0.05, 0.1) is 5.56 Å². The van der Waals surface area contributed by atoms with Crippen LogP contribution in [0.5, 0.6) is 0 Å². The standard InChI is InChI=1S/C21H19F2NO4/c1-13(20(26)16-8-9-17(22)18(23)11-16)28-21(27)15-6-4-14(5-7-15)12-24-10-2-3-19(24)25/h4-9,11,13H,2-3,10,12H2,1H3/t13-/m0/s1. The smallest absolute Gasteiger partial charge is 0.338 e. The fourth-order valence-corrected chi connectivity index (χ4v) is 3.00. The Bertz CT molecular complexity index is 911. The Hall–Kier alpha value is -3.09. The highest BCUT2D eigenvalue weighted by atomic mass is 19.2. The molecule has 0 radical (unpaired) electrons. The van der Waals surface area contributed by atoms with Crippen molar-refractivity contribution in [1.29, 1.82) is 0 Å². The third-order valence-corrected chi connectivity index (χ3v) is 4.59. The Morgan fingerprint density at radius 2 is 1.75 bits per heavy atom. The molecule has 1 fully saturated rings. The summed E-state index contributed by atoms with van der Waals surface area (Å²) in [5.41, 5.74) is 1.06. The van der Waals surface area contributed by atoms with E-state index >= 15 is 0 Å². The summed E-state index contributed by atoms with van der Waals surface area (Å²) < 4.78 is 31.4. The summed E-state index contributed by atoms with van der Waals surface area (Å²) in [5, 5.41) is 0. The number of rotatable bonds is 6. The molecule has 0 aromatic heterocycles. The van der Waals surface area contributed by atoms with E-state index in [2.05, 4.69) is 0 Å². The number of amides is 1. The molecule has 1 aliphatic heterocycles. The number of benzene rings is 2. The summed E-state index contributed by atoms with van der Waals surface area (Å²) in [7, 11) is 0. The van der Waals surface area contributed by atoms with E-state index in [-0.39, 0.29) is 17.0 Å². The van der Waals surface area contributed by atoms with Gasteiger partial charge in [-0.2, -0.15) is 0 Å². The number of likely N-dealkylation sites (tertiary alicyclic amines) is 1. The molecule has 0 saturated carbocycles. The lowest BCUT2D eigenvalue weighted by Gasteiger charge is -2.16. The predicted octanol–water partition coefficient (Wildman–Crippen LogP) is 3.52. The monoisotopic (exact) mass is 387 g/mol. The van der Waals surface area contributed by atoms with E-state index in [0.29, 0.717) is 13.0 Å². The average molecular weight is 387 g/mol. The van der Waals surface area contributed by atoms with Gasteiger partial charge in [-0.15, -0.1) is 0 Å². The molecule has 0 bridgehead atoms. The second-order valence-electron chi connectivity index (χ2n) is 6.66. The highest BCUT2D eigenvalue weighted by molar-refractivity contribution is 6.01. The number of carbonyl (C=O) groups is 3. The van der Waals surface area contributed by atoms with E-state index in [1.54, 1.807) is 29.2 Å². The molecule has 28 heavy (non-hydrogen) atoms. The first kappa shape index (κ1) is 19.7. The summed E-state index contributed by atoms with van der Waals surface area (Å²) in [6.07, 6.45) is 0.265. The lowest BCUT2D eigenvalue weighted by Crippen LogP contribution is -2.25. The zero-order valence-electron chi connectivity index (χ0n) is 15.3. The zero-order valence-corrected chi connectivity index (χ0v) is 15.3. The maximum atomic E-state index is 13.3. The van der Waals surface area contributed by atoms with Crippen molar-refractivity contribution in [2.45, 2.75) is 32.4 Å². The summed E-state index contributed by atoms with van der Waals surface area (Å²) in [6, 6.07) is 9.34. The molecule has 146 valence electrons. The van der Waals surface area contributed by atoms with E-state index in [4.69, 9.17) is 4.74 Å². The van der Waals surface area contributed by atoms with Crippen LogP contribution in [0.3, 0.4) is 0 Å². The summed E-state index contributed by atoms with van der Waals surface area (Å²) >= 11 is 0. The van der Waals surface area contributed by atoms with Gasteiger partial charge in [0.25, 0.3) is 0 Å². The lowest BCUT2D eigenvalue weighted by atomic mass is 10.1. The molecule has 0 aliphatic carbocycles. The van der Waals surface area contributed by atoms with Crippen LogP contribution in [0.15, 0.2) is 42.5 Å². The number of halogens is 2. The van der Waals surface area contributed by atoms with Crippen LogP contribution in [0.4, 0.5) is 8.78 Å². The molecule has 3 rings (SSSR count). The molecule has 1 saturated heterocycles. The van der Waals surface area contributed by atoms with Crippen molar-refractivity contribution in [3.63, 3.8) is 0 Å². The number of nitrogens with zero attached hydrogens (tertiary/aromatic N) is 1. The fourth-order valence-electron chi connectivity index (χ4n) is 3.00. The molecule has 5 nitrogen and oxygen atoms in total. The van der Waals surface area contributed by atoms with Gasteiger partial charge in [-0.3, -0.25) is 9.59 Å². The molecule has 0 N–H and O–H groups in total. The van der Waals surface area contributed by atoms with E-state index < -0.39 is 29.5 Å². The molecule has 2 aromatic rings. The van der Waals surface area contributed by atoms with Gasteiger partial charge in [-0.05, 0) is 49.2 Å². The maximum absolute atomic E-state index is 13.3. The van der Waals surface area contributed by atoms with Crippen LogP contribution >= 0.6 is 0 Å². The average Bonchev–Trinajstić information content (AvgIpc) is 3.08. The molecular formula is C21H19F2NO4. The van der Waals surface area contributed by atoms with Gasteiger partial charge in [0, 0.05) is 25.1 Å². The Labute approximate surface area is 160 Å². The minimum Gasteiger partial charge on any atom is -0.451 e. The van der Waals surface area contributed by atoms with E-state index in [0.717, 1.165) is 36.7 Å². The van der Waals surface area contributed by atoms with Gasteiger partial charge in [0.1, 0.15) is 0 Å². The molecule has 1 atom stereocenters. The second kappa shape index (κ2) is 8.29. The number of hydrogen-bond acceptors (Lipinski definition) is 4. The van der Waals surface area contributed by atoms with Crippen LogP contribution in [0.25, 0.3) is 0 Å². The lowest BCUT2D eigenvalue weighted by molar-refractivity contribution is -0.128. The second-order valence-corrected chi connectivity index (χ2v) is 6.66.